The minimum atomic E-state index is -3.46. The smallest absolute Gasteiger partial charge is 0.252 e. The largest absolute Gasteiger partial charge is 0.497 e. The highest BCUT2D eigenvalue weighted by atomic mass is 32.2. The van der Waals surface area contributed by atoms with E-state index < -0.39 is 15.7 Å². The number of carbonyl (C=O) groups excluding carboxylic acids is 1. The fraction of sp³-hybridized carbons (Fsp3) is 0.278. The first kappa shape index (κ1) is 18.8. The lowest BCUT2D eigenvalue weighted by atomic mass is 10.2. The number of rotatable bonds is 8. The highest BCUT2D eigenvalue weighted by Gasteiger charge is 2.20. The van der Waals surface area contributed by atoms with Crippen LogP contribution in [-0.2, 0) is 9.84 Å². The Kier molecular flexibility index (Phi) is 6.41. The third-order valence-corrected chi connectivity index (χ3v) is 5.35. The predicted octanol–water partition coefficient (Wildman–Crippen LogP) is 2.30. The molecule has 6 nitrogen and oxygen atoms in total. The number of carbonyl (C=O) groups is 1. The van der Waals surface area contributed by atoms with Gasteiger partial charge in [0.15, 0.2) is 9.84 Å². The molecule has 2 rings (SSSR count). The highest BCUT2D eigenvalue weighted by Crippen LogP contribution is 2.18. The number of methoxy groups -OCH3 is 1. The van der Waals surface area contributed by atoms with Gasteiger partial charge in [-0.3, -0.25) is 4.79 Å². The van der Waals surface area contributed by atoms with E-state index in [2.05, 4.69) is 5.32 Å². The van der Waals surface area contributed by atoms with Gasteiger partial charge in [-0.25, -0.2) is 8.42 Å². The Hall–Kier alpha value is -2.54. The molecule has 0 saturated carbocycles. The molecule has 134 valence electrons. The number of nitrogens with one attached hydrogen (secondary N) is 1. The van der Waals surface area contributed by atoms with E-state index in [1.54, 1.807) is 50.4 Å². The quantitative estimate of drug-likeness (QED) is 0.728. The molecule has 25 heavy (non-hydrogen) atoms. The zero-order valence-corrected chi connectivity index (χ0v) is 15.0. The lowest BCUT2D eigenvalue weighted by molar-refractivity contribution is 0.0943. The van der Waals surface area contributed by atoms with Crippen molar-refractivity contribution in [2.75, 3.05) is 26.0 Å². The summed E-state index contributed by atoms with van der Waals surface area (Å²) in [6, 6.07) is 13.3. The molecule has 0 aromatic heterocycles. The van der Waals surface area contributed by atoms with E-state index in [-0.39, 0.29) is 29.4 Å². The minimum Gasteiger partial charge on any atom is -0.497 e. The van der Waals surface area contributed by atoms with E-state index in [1.165, 1.54) is 12.1 Å². The molecule has 0 spiro atoms. The summed E-state index contributed by atoms with van der Waals surface area (Å²) in [6.07, 6.45) is 0. The second-order valence-corrected chi connectivity index (χ2v) is 7.43. The van der Waals surface area contributed by atoms with Gasteiger partial charge in [-0.2, -0.15) is 0 Å². The van der Waals surface area contributed by atoms with Gasteiger partial charge in [-0.05, 0) is 36.4 Å². The van der Waals surface area contributed by atoms with Crippen molar-refractivity contribution in [1.82, 2.24) is 5.32 Å². The number of hydrogen-bond donors (Lipinski definition) is 1. The number of sulfone groups is 1. The third-order valence-electron chi connectivity index (χ3n) is 3.56. The molecule has 0 saturated heterocycles. The Bertz CT molecular complexity index is 816. The molecule has 0 aliphatic carbocycles. The summed E-state index contributed by atoms with van der Waals surface area (Å²) in [6.45, 7) is 2.07. The molecule has 1 N–H and O–H groups in total. The molecule has 0 radical (unpaired) electrons. The van der Waals surface area contributed by atoms with Gasteiger partial charge in [0, 0.05) is 0 Å². The van der Waals surface area contributed by atoms with Crippen LogP contribution >= 0.6 is 0 Å². The maximum atomic E-state index is 12.3. The summed E-state index contributed by atoms with van der Waals surface area (Å²) >= 11 is 0. The maximum absolute atomic E-state index is 12.3. The Morgan fingerprint density at radius 1 is 1.04 bits per heavy atom. The van der Waals surface area contributed by atoms with Crippen molar-refractivity contribution in [3.63, 3.8) is 0 Å². The van der Waals surface area contributed by atoms with Crippen molar-refractivity contribution >= 4 is 15.7 Å². The summed E-state index contributed by atoms with van der Waals surface area (Å²) in [5, 5.41) is 2.68. The van der Waals surface area contributed by atoms with Crippen molar-refractivity contribution in [1.29, 1.82) is 0 Å². The molecule has 0 fully saturated rings. The summed E-state index contributed by atoms with van der Waals surface area (Å²) in [5.74, 6) is 0.891. The van der Waals surface area contributed by atoms with E-state index in [4.69, 9.17) is 9.47 Å². The molecule has 1 amide bonds. The van der Waals surface area contributed by atoms with Crippen molar-refractivity contribution in [2.24, 2.45) is 0 Å². The summed E-state index contributed by atoms with van der Waals surface area (Å²) in [4.78, 5) is 12.3. The van der Waals surface area contributed by atoms with Crippen LogP contribution in [-0.4, -0.2) is 40.3 Å². The summed E-state index contributed by atoms with van der Waals surface area (Å²) < 4.78 is 34.7. The van der Waals surface area contributed by atoms with Gasteiger partial charge in [-0.1, -0.05) is 19.1 Å². The van der Waals surface area contributed by atoms with E-state index in [0.29, 0.717) is 5.75 Å². The summed E-state index contributed by atoms with van der Waals surface area (Å²) in [7, 11) is -1.87. The Morgan fingerprint density at radius 2 is 1.68 bits per heavy atom. The molecular weight excluding hydrogens is 342 g/mol. The molecular formula is C18H21NO5S. The number of ether oxygens (including phenoxy) is 2. The number of hydrogen-bond acceptors (Lipinski definition) is 5. The molecule has 7 heteroatoms. The first-order chi connectivity index (χ1) is 12.0. The molecule has 2 aromatic carbocycles. The Labute approximate surface area is 147 Å². The summed E-state index contributed by atoms with van der Waals surface area (Å²) in [5.41, 5.74) is 0.147. The lowest BCUT2D eigenvalue weighted by Gasteiger charge is -2.11. The van der Waals surface area contributed by atoms with Crippen LogP contribution in [0.1, 0.15) is 17.3 Å². The van der Waals surface area contributed by atoms with Gasteiger partial charge in [0.2, 0.25) is 0 Å². The van der Waals surface area contributed by atoms with Crippen LogP contribution in [0.4, 0.5) is 0 Å². The van der Waals surface area contributed by atoms with Crippen LogP contribution in [0, 0.1) is 0 Å². The standard InChI is InChI=1S/C18H21NO5S/c1-3-25(21,22)17-7-5-4-6-16(17)18(20)19-12-13-24-15-10-8-14(23-2)9-11-15/h4-11H,3,12-13H2,1-2H3,(H,19,20). The predicted molar refractivity (Wildman–Crippen MR) is 95.0 cm³/mol. The van der Waals surface area contributed by atoms with E-state index in [1.807, 2.05) is 0 Å². The molecule has 0 unspecified atom stereocenters. The van der Waals surface area contributed by atoms with Crippen LogP contribution < -0.4 is 14.8 Å². The average molecular weight is 363 g/mol. The van der Waals surface area contributed by atoms with Crippen molar-refractivity contribution < 1.29 is 22.7 Å². The van der Waals surface area contributed by atoms with Gasteiger partial charge in [0.05, 0.1) is 29.9 Å². The van der Waals surface area contributed by atoms with E-state index in [0.717, 1.165) is 5.75 Å². The van der Waals surface area contributed by atoms with E-state index in [9.17, 15) is 13.2 Å². The van der Waals surface area contributed by atoms with Crippen LogP contribution in [0.3, 0.4) is 0 Å². The monoisotopic (exact) mass is 363 g/mol. The van der Waals surface area contributed by atoms with Gasteiger partial charge in [0.25, 0.3) is 5.91 Å². The SMILES string of the molecule is CCS(=O)(=O)c1ccccc1C(=O)NCCOc1ccc(OC)cc1. The molecule has 0 atom stereocenters. The van der Waals surface area contributed by atoms with Crippen molar-refractivity contribution in [2.45, 2.75) is 11.8 Å². The molecule has 0 heterocycles. The average Bonchev–Trinajstić information content (AvgIpc) is 2.65. The maximum Gasteiger partial charge on any atom is 0.252 e. The van der Waals surface area contributed by atoms with E-state index >= 15 is 0 Å². The van der Waals surface area contributed by atoms with Gasteiger partial charge >= 0.3 is 0 Å². The molecule has 0 aliphatic heterocycles. The Balaban J connectivity index is 1.92. The first-order valence-corrected chi connectivity index (χ1v) is 9.50. The second kappa shape index (κ2) is 8.53. The first-order valence-electron chi connectivity index (χ1n) is 7.84. The highest BCUT2D eigenvalue weighted by molar-refractivity contribution is 7.91. The number of amides is 1. The third kappa shape index (κ3) is 4.96. The normalized spacial score (nSPS) is 11.0. The fourth-order valence-corrected chi connectivity index (χ4v) is 3.27. The fourth-order valence-electron chi connectivity index (χ4n) is 2.18. The van der Waals surface area contributed by atoms with Gasteiger partial charge in [-0.15, -0.1) is 0 Å². The molecule has 0 aliphatic rings. The van der Waals surface area contributed by atoms with Crippen LogP contribution in [0.5, 0.6) is 11.5 Å². The van der Waals surface area contributed by atoms with Gasteiger partial charge < -0.3 is 14.8 Å². The van der Waals surface area contributed by atoms with Gasteiger partial charge in [0.1, 0.15) is 18.1 Å². The zero-order valence-electron chi connectivity index (χ0n) is 14.2. The topological polar surface area (TPSA) is 81.7 Å². The molecule has 0 bridgehead atoms. The lowest BCUT2D eigenvalue weighted by Crippen LogP contribution is -2.29. The van der Waals surface area contributed by atoms with Crippen LogP contribution in [0.2, 0.25) is 0 Å². The Morgan fingerprint density at radius 3 is 2.32 bits per heavy atom. The minimum absolute atomic E-state index is 0.0473. The zero-order chi connectivity index (χ0) is 18.3. The second-order valence-electron chi connectivity index (χ2n) is 5.18. The van der Waals surface area contributed by atoms with Crippen LogP contribution in [0.15, 0.2) is 53.4 Å². The van der Waals surface area contributed by atoms with Crippen molar-refractivity contribution in [3.8, 4) is 11.5 Å². The number of benzene rings is 2. The van der Waals surface area contributed by atoms with Crippen molar-refractivity contribution in [3.05, 3.63) is 54.1 Å². The molecule has 2 aromatic rings. The van der Waals surface area contributed by atoms with Crippen LogP contribution in [0.25, 0.3) is 0 Å².